The molecule has 1 aromatic heterocycles. The molecule has 2 heterocycles. The number of rotatable bonds is 1. The van der Waals surface area contributed by atoms with Crippen LogP contribution in [0.2, 0.25) is 0 Å². The predicted molar refractivity (Wildman–Crippen MR) is 53.5 cm³/mol. The smallest absolute Gasteiger partial charge is 0.246 e. The summed E-state index contributed by atoms with van der Waals surface area (Å²) in [4.78, 5) is 15.7. The minimum absolute atomic E-state index is 0.0446. The van der Waals surface area contributed by atoms with Gasteiger partial charge in [-0.25, -0.2) is 4.98 Å². The lowest BCUT2D eigenvalue weighted by Gasteiger charge is -2.16. The first-order valence-corrected chi connectivity index (χ1v) is 4.59. The number of amides is 1. The fraction of sp³-hybridized carbons (Fsp3) is 0.400. The van der Waals surface area contributed by atoms with E-state index in [9.17, 15) is 4.79 Å². The number of nitrogens with zero attached hydrogens (tertiary/aromatic N) is 2. The van der Waals surface area contributed by atoms with E-state index in [1.807, 2.05) is 32.0 Å². The zero-order valence-electron chi connectivity index (χ0n) is 8.32. The summed E-state index contributed by atoms with van der Waals surface area (Å²) >= 11 is 0. The number of anilines is 1. The number of hydrogen-bond acceptors (Lipinski definition) is 3. The lowest BCUT2D eigenvalue weighted by atomic mass is 9.94. The van der Waals surface area contributed by atoms with Crippen LogP contribution >= 0.6 is 0 Å². The molecule has 1 fully saturated rings. The number of carbonyl (C=O) groups is 1. The number of aromatic nitrogens is 1. The van der Waals surface area contributed by atoms with Gasteiger partial charge in [0.05, 0.1) is 12.0 Å². The first-order chi connectivity index (χ1) is 6.59. The third-order valence-electron chi connectivity index (χ3n) is 2.33. The summed E-state index contributed by atoms with van der Waals surface area (Å²) in [5.41, 5.74) is 2.46. The lowest BCUT2D eigenvalue weighted by Crippen LogP contribution is -2.33. The molecule has 1 saturated heterocycles. The lowest BCUT2D eigenvalue weighted by molar-refractivity contribution is -0.125. The highest BCUT2D eigenvalue weighted by Gasteiger charge is 2.38. The van der Waals surface area contributed by atoms with Gasteiger partial charge in [-0.2, -0.15) is 0 Å². The van der Waals surface area contributed by atoms with Crippen LogP contribution in [-0.2, 0) is 4.79 Å². The normalized spacial score (nSPS) is 19.6. The monoisotopic (exact) mass is 191 g/mol. The van der Waals surface area contributed by atoms with Crippen LogP contribution in [0.4, 0.5) is 5.82 Å². The van der Waals surface area contributed by atoms with Crippen molar-refractivity contribution in [3.63, 3.8) is 0 Å². The van der Waals surface area contributed by atoms with Crippen LogP contribution in [0.15, 0.2) is 24.4 Å². The Kier molecular flexibility index (Phi) is 1.91. The van der Waals surface area contributed by atoms with Crippen molar-refractivity contribution in [3.05, 3.63) is 24.4 Å². The number of carbonyl (C=O) groups excluding carboxylic acids is 1. The number of pyridine rings is 1. The fourth-order valence-corrected chi connectivity index (χ4v) is 1.43. The highest BCUT2D eigenvalue weighted by molar-refractivity contribution is 5.86. The van der Waals surface area contributed by atoms with Crippen LogP contribution in [0.1, 0.15) is 13.8 Å². The molecule has 0 radical (unpaired) electrons. The molecule has 1 aliphatic heterocycles. The van der Waals surface area contributed by atoms with Gasteiger partial charge in [-0.1, -0.05) is 6.07 Å². The minimum Gasteiger partial charge on any atom is -0.273 e. The zero-order chi connectivity index (χ0) is 10.2. The molecular weight excluding hydrogens is 178 g/mol. The molecule has 4 nitrogen and oxygen atoms in total. The Morgan fingerprint density at radius 2 is 2.29 bits per heavy atom. The maximum atomic E-state index is 11.5. The summed E-state index contributed by atoms with van der Waals surface area (Å²) in [6.45, 7) is 4.50. The van der Waals surface area contributed by atoms with Crippen molar-refractivity contribution in [3.8, 4) is 0 Å². The van der Waals surface area contributed by atoms with Crippen molar-refractivity contribution >= 4 is 11.7 Å². The highest BCUT2D eigenvalue weighted by atomic mass is 16.2. The van der Waals surface area contributed by atoms with Crippen molar-refractivity contribution in [1.29, 1.82) is 0 Å². The summed E-state index contributed by atoms with van der Waals surface area (Å²) in [6, 6.07) is 5.63. The van der Waals surface area contributed by atoms with Gasteiger partial charge in [-0.05, 0) is 26.0 Å². The van der Waals surface area contributed by atoms with Crippen molar-refractivity contribution in [1.82, 2.24) is 10.4 Å². The van der Waals surface area contributed by atoms with Crippen molar-refractivity contribution in [2.45, 2.75) is 13.8 Å². The van der Waals surface area contributed by atoms with Gasteiger partial charge in [0.1, 0.15) is 5.82 Å². The molecule has 0 aliphatic carbocycles. The first-order valence-electron chi connectivity index (χ1n) is 4.59. The second-order valence-electron chi connectivity index (χ2n) is 4.10. The third-order valence-corrected chi connectivity index (χ3v) is 2.33. The van der Waals surface area contributed by atoms with E-state index in [0.29, 0.717) is 6.54 Å². The van der Waals surface area contributed by atoms with E-state index < -0.39 is 0 Å². The second-order valence-corrected chi connectivity index (χ2v) is 4.10. The van der Waals surface area contributed by atoms with Gasteiger partial charge >= 0.3 is 0 Å². The molecule has 0 aromatic carbocycles. The average molecular weight is 191 g/mol. The van der Waals surface area contributed by atoms with Gasteiger partial charge in [0.25, 0.3) is 0 Å². The molecular formula is C10H13N3O. The van der Waals surface area contributed by atoms with E-state index in [1.54, 1.807) is 11.2 Å². The molecule has 4 heteroatoms. The Morgan fingerprint density at radius 1 is 1.50 bits per heavy atom. The van der Waals surface area contributed by atoms with Gasteiger partial charge < -0.3 is 0 Å². The minimum atomic E-state index is -0.336. The SMILES string of the molecule is CC1(C)CN(c2ccccn2)NC1=O. The molecule has 14 heavy (non-hydrogen) atoms. The van der Waals surface area contributed by atoms with Crippen molar-refractivity contribution in [2.75, 3.05) is 11.6 Å². The molecule has 0 saturated carbocycles. The van der Waals surface area contributed by atoms with Gasteiger partial charge in [0.2, 0.25) is 5.91 Å². The average Bonchev–Trinajstić information content (AvgIpc) is 2.43. The maximum absolute atomic E-state index is 11.5. The van der Waals surface area contributed by atoms with E-state index in [0.717, 1.165) is 5.82 Å². The van der Waals surface area contributed by atoms with Crippen LogP contribution in [0, 0.1) is 5.41 Å². The van der Waals surface area contributed by atoms with Gasteiger partial charge in [0, 0.05) is 6.20 Å². The van der Waals surface area contributed by atoms with Gasteiger partial charge in [-0.3, -0.25) is 15.2 Å². The predicted octanol–water partition coefficient (Wildman–Crippen LogP) is 0.959. The molecule has 0 unspecified atom stereocenters. The topological polar surface area (TPSA) is 45.2 Å². The van der Waals surface area contributed by atoms with E-state index in [-0.39, 0.29) is 11.3 Å². The van der Waals surface area contributed by atoms with Crippen LogP contribution in [-0.4, -0.2) is 17.4 Å². The Balaban J connectivity index is 2.21. The number of hydrazine groups is 1. The quantitative estimate of drug-likeness (QED) is 0.719. The molecule has 0 atom stereocenters. The van der Waals surface area contributed by atoms with Crippen LogP contribution in [0.5, 0.6) is 0 Å². The van der Waals surface area contributed by atoms with E-state index in [1.165, 1.54) is 0 Å². The largest absolute Gasteiger partial charge is 0.273 e. The Hall–Kier alpha value is -1.58. The zero-order valence-corrected chi connectivity index (χ0v) is 8.32. The number of nitrogens with one attached hydrogen (secondary N) is 1. The molecule has 1 N–H and O–H groups in total. The molecule has 1 aliphatic rings. The Morgan fingerprint density at radius 3 is 2.79 bits per heavy atom. The summed E-state index contributed by atoms with van der Waals surface area (Å²) < 4.78 is 0. The molecule has 2 rings (SSSR count). The summed E-state index contributed by atoms with van der Waals surface area (Å²) in [6.07, 6.45) is 1.72. The van der Waals surface area contributed by atoms with Crippen LogP contribution in [0.3, 0.4) is 0 Å². The van der Waals surface area contributed by atoms with Gasteiger partial charge in [-0.15, -0.1) is 0 Å². The van der Waals surface area contributed by atoms with Gasteiger partial charge in [0.15, 0.2) is 0 Å². The molecule has 1 amide bonds. The Bertz CT molecular complexity index is 348. The first kappa shape index (κ1) is 8.99. The number of hydrogen-bond donors (Lipinski definition) is 1. The highest BCUT2D eigenvalue weighted by Crippen LogP contribution is 2.25. The standard InChI is InChI=1S/C10H13N3O/c1-10(2)7-13(12-9(10)14)8-5-3-4-6-11-8/h3-6H,7H2,1-2H3,(H,12,14). The summed E-state index contributed by atoms with van der Waals surface area (Å²) in [5.74, 6) is 0.828. The van der Waals surface area contributed by atoms with Crippen LogP contribution < -0.4 is 10.4 Å². The van der Waals surface area contributed by atoms with Crippen LogP contribution in [0.25, 0.3) is 0 Å². The van der Waals surface area contributed by atoms with E-state index in [4.69, 9.17) is 0 Å². The molecule has 74 valence electrons. The van der Waals surface area contributed by atoms with Crippen molar-refractivity contribution in [2.24, 2.45) is 5.41 Å². The fourth-order valence-electron chi connectivity index (χ4n) is 1.43. The third kappa shape index (κ3) is 1.43. The molecule has 0 bridgehead atoms. The van der Waals surface area contributed by atoms with E-state index >= 15 is 0 Å². The van der Waals surface area contributed by atoms with E-state index in [2.05, 4.69) is 10.4 Å². The molecule has 0 spiro atoms. The molecule has 1 aromatic rings. The summed E-state index contributed by atoms with van der Waals surface area (Å²) in [7, 11) is 0. The summed E-state index contributed by atoms with van der Waals surface area (Å²) in [5, 5.41) is 1.78. The second kappa shape index (κ2) is 2.97. The van der Waals surface area contributed by atoms with Crippen molar-refractivity contribution < 1.29 is 4.79 Å². The maximum Gasteiger partial charge on any atom is 0.246 e. The Labute approximate surface area is 82.9 Å².